The summed E-state index contributed by atoms with van der Waals surface area (Å²) in [6, 6.07) is 7.91. The van der Waals surface area contributed by atoms with E-state index in [0.29, 0.717) is 18.7 Å². The largest absolute Gasteiger partial charge is 0.399 e. The molecule has 0 aliphatic heterocycles. The minimum absolute atomic E-state index is 0.0210. The number of amides is 1. The highest BCUT2D eigenvalue weighted by atomic mass is 79.9. The maximum atomic E-state index is 13.5. The molecule has 0 saturated heterocycles. The molecule has 0 saturated carbocycles. The van der Waals surface area contributed by atoms with Crippen molar-refractivity contribution in [3.05, 3.63) is 50.4 Å². The third-order valence-corrected chi connectivity index (χ3v) is 4.20. The summed E-state index contributed by atoms with van der Waals surface area (Å²) in [5.41, 5.74) is 5.89. The molecule has 0 aliphatic carbocycles. The van der Waals surface area contributed by atoms with E-state index in [9.17, 15) is 9.18 Å². The SMILES string of the molecule is Nc1ccc(F)c(C(=O)NCCc2ccc(Br)s2)c1. The number of benzene rings is 1. The van der Waals surface area contributed by atoms with Gasteiger partial charge in [-0.2, -0.15) is 0 Å². The molecule has 3 nitrogen and oxygen atoms in total. The Bertz CT molecular complexity index is 600. The molecule has 3 N–H and O–H groups in total. The van der Waals surface area contributed by atoms with Crippen molar-refractivity contribution in [3.8, 4) is 0 Å². The third kappa shape index (κ3) is 3.78. The number of carbonyl (C=O) groups is 1. The number of thiophene rings is 1. The van der Waals surface area contributed by atoms with Crippen LogP contribution in [-0.4, -0.2) is 12.5 Å². The van der Waals surface area contributed by atoms with Gasteiger partial charge in [0.25, 0.3) is 5.91 Å². The van der Waals surface area contributed by atoms with E-state index in [1.165, 1.54) is 18.2 Å². The summed E-state index contributed by atoms with van der Waals surface area (Å²) in [7, 11) is 0. The first-order chi connectivity index (χ1) is 9.06. The highest BCUT2D eigenvalue weighted by molar-refractivity contribution is 9.11. The molecule has 0 bridgehead atoms. The first-order valence-corrected chi connectivity index (χ1v) is 7.24. The lowest BCUT2D eigenvalue weighted by molar-refractivity contribution is 0.0950. The van der Waals surface area contributed by atoms with Crippen molar-refractivity contribution in [2.45, 2.75) is 6.42 Å². The summed E-state index contributed by atoms with van der Waals surface area (Å²) in [6.45, 7) is 0.458. The normalized spacial score (nSPS) is 10.4. The molecule has 0 atom stereocenters. The fourth-order valence-electron chi connectivity index (χ4n) is 1.60. The van der Waals surface area contributed by atoms with Crippen molar-refractivity contribution >= 4 is 38.9 Å². The van der Waals surface area contributed by atoms with E-state index < -0.39 is 11.7 Å². The topological polar surface area (TPSA) is 55.1 Å². The molecule has 0 spiro atoms. The van der Waals surface area contributed by atoms with Gasteiger partial charge in [0.15, 0.2) is 0 Å². The van der Waals surface area contributed by atoms with Gasteiger partial charge in [0, 0.05) is 17.1 Å². The molecule has 2 aromatic rings. The average Bonchev–Trinajstić information content (AvgIpc) is 2.78. The summed E-state index contributed by atoms with van der Waals surface area (Å²) in [5, 5.41) is 2.68. The second-order valence-corrected chi connectivity index (χ2v) is 6.50. The molecular formula is C13H12BrFN2OS. The Labute approximate surface area is 122 Å². The summed E-state index contributed by atoms with van der Waals surface area (Å²) in [6.07, 6.45) is 0.714. The number of halogens is 2. The van der Waals surface area contributed by atoms with Gasteiger partial charge in [-0.15, -0.1) is 11.3 Å². The molecule has 1 aromatic carbocycles. The zero-order valence-electron chi connectivity index (χ0n) is 9.95. The molecule has 6 heteroatoms. The number of carbonyl (C=O) groups excluding carboxylic acids is 1. The van der Waals surface area contributed by atoms with Crippen LogP contribution in [0.25, 0.3) is 0 Å². The maximum absolute atomic E-state index is 13.5. The Kier molecular flexibility index (Phi) is 4.55. The fraction of sp³-hybridized carbons (Fsp3) is 0.154. The molecule has 0 unspecified atom stereocenters. The predicted octanol–water partition coefficient (Wildman–Crippen LogP) is 3.20. The van der Waals surface area contributed by atoms with Gasteiger partial charge in [-0.3, -0.25) is 4.79 Å². The monoisotopic (exact) mass is 342 g/mol. The predicted molar refractivity (Wildman–Crippen MR) is 78.9 cm³/mol. The van der Waals surface area contributed by atoms with Gasteiger partial charge in [-0.25, -0.2) is 4.39 Å². The van der Waals surface area contributed by atoms with Crippen LogP contribution in [0, 0.1) is 5.82 Å². The van der Waals surface area contributed by atoms with E-state index in [2.05, 4.69) is 21.2 Å². The highest BCUT2D eigenvalue weighted by Gasteiger charge is 2.11. The smallest absolute Gasteiger partial charge is 0.254 e. The van der Waals surface area contributed by atoms with Crippen molar-refractivity contribution in [1.29, 1.82) is 0 Å². The number of nitrogens with two attached hydrogens (primary N) is 1. The van der Waals surface area contributed by atoms with Crippen molar-refractivity contribution in [2.75, 3.05) is 12.3 Å². The van der Waals surface area contributed by atoms with E-state index >= 15 is 0 Å². The molecule has 1 amide bonds. The summed E-state index contributed by atoms with van der Waals surface area (Å²) in [5.74, 6) is -1.01. The lowest BCUT2D eigenvalue weighted by atomic mass is 10.1. The number of nitrogens with one attached hydrogen (secondary N) is 1. The van der Waals surface area contributed by atoms with Crippen LogP contribution in [0.1, 0.15) is 15.2 Å². The number of hydrogen-bond donors (Lipinski definition) is 2. The lowest BCUT2D eigenvalue weighted by Gasteiger charge is -2.06. The molecule has 1 aromatic heterocycles. The van der Waals surface area contributed by atoms with E-state index in [1.807, 2.05) is 12.1 Å². The van der Waals surface area contributed by atoms with E-state index in [1.54, 1.807) is 11.3 Å². The minimum Gasteiger partial charge on any atom is -0.399 e. The van der Waals surface area contributed by atoms with Crippen LogP contribution in [0.4, 0.5) is 10.1 Å². The Balaban J connectivity index is 1.92. The molecule has 0 fully saturated rings. The molecule has 0 radical (unpaired) electrons. The molecule has 19 heavy (non-hydrogen) atoms. The maximum Gasteiger partial charge on any atom is 0.254 e. The standard InChI is InChI=1S/C13H12BrFN2OS/c14-12-4-2-9(19-12)5-6-17-13(18)10-7-8(16)1-3-11(10)15/h1-4,7H,5-6,16H2,(H,17,18). The van der Waals surface area contributed by atoms with Gasteiger partial charge in [0.05, 0.1) is 9.35 Å². The number of hydrogen-bond acceptors (Lipinski definition) is 3. The zero-order chi connectivity index (χ0) is 13.8. The van der Waals surface area contributed by atoms with Crippen LogP contribution in [0.2, 0.25) is 0 Å². The van der Waals surface area contributed by atoms with Gasteiger partial charge in [0.2, 0.25) is 0 Å². The van der Waals surface area contributed by atoms with Crippen molar-refractivity contribution < 1.29 is 9.18 Å². The van der Waals surface area contributed by atoms with Crippen LogP contribution in [-0.2, 0) is 6.42 Å². The summed E-state index contributed by atoms with van der Waals surface area (Å²) >= 11 is 4.99. The van der Waals surface area contributed by atoms with Crippen LogP contribution in [0.3, 0.4) is 0 Å². The van der Waals surface area contributed by atoms with E-state index in [-0.39, 0.29) is 5.56 Å². The van der Waals surface area contributed by atoms with Gasteiger partial charge in [-0.1, -0.05) is 0 Å². The Morgan fingerprint density at radius 1 is 1.37 bits per heavy atom. The zero-order valence-corrected chi connectivity index (χ0v) is 12.4. The number of rotatable bonds is 4. The molecular weight excluding hydrogens is 331 g/mol. The number of anilines is 1. The molecule has 2 rings (SSSR count). The third-order valence-electron chi connectivity index (χ3n) is 2.52. The van der Waals surface area contributed by atoms with E-state index in [0.717, 1.165) is 8.66 Å². The second-order valence-electron chi connectivity index (χ2n) is 3.95. The van der Waals surface area contributed by atoms with E-state index in [4.69, 9.17) is 5.73 Å². The molecule has 0 aliphatic rings. The van der Waals surface area contributed by atoms with Crippen molar-refractivity contribution in [1.82, 2.24) is 5.32 Å². The van der Waals surface area contributed by atoms with Gasteiger partial charge >= 0.3 is 0 Å². The quantitative estimate of drug-likeness (QED) is 0.838. The summed E-state index contributed by atoms with van der Waals surface area (Å²) in [4.78, 5) is 13.0. The van der Waals surface area contributed by atoms with Gasteiger partial charge in [-0.05, 0) is 52.7 Å². The molecule has 1 heterocycles. The van der Waals surface area contributed by atoms with Crippen LogP contribution in [0.15, 0.2) is 34.1 Å². The fourth-order valence-corrected chi connectivity index (χ4v) is 3.08. The summed E-state index contributed by atoms with van der Waals surface area (Å²) < 4.78 is 14.5. The van der Waals surface area contributed by atoms with Gasteiger partial charge < -0.3 is 11.1 Å². The second kappa shape index (κ2) is 6.16. The first kappa shape index (κ1) is 14.0. The Hall–Kier alpha value is -1.40. The first-order valence-electron chi connectivity index (χ1n) is 5.63. The Morgan fingerprint density at radius 3 is 2.84 bits per heavy atom. The minimum atomic E-state index is -0.564. The van der Waals surface area contributed by atoms with Crippen molar-refractivity contribution in [3.63, 3.8) is 0 Å². The average molecular weight is 343 g/mol. The number of nitrogen functional groups attached to an aromatic ring is 1. The highest BCUT2D eigenvalue weighted by Crippen LogP contribution is 2.22. The lowest BCUT2D eigenvalue weighted by Crippen LogP contribution is -2.26. The van der Waals surface area contributed by atoms with Crippen LogP contribution in [0.5, 0.6) is 0 Å². The Morgan fingerprint density at radius 2 is 2.16 bits per heavy atom. The molecule has 100 valence electrons. The van der Waals surface area contributed by atoms with Crippen LogP contribution < -0.4 is 11.1 Å². The van der Waals surface area contributed by atoms with Gasteiger partial charge in [0.1, 0.15) is 5.82 Å². The van der Waals surface area contributed by atoms with Crippen molar-refractivity contribution in [2.24, 2.45) is 0 Å². The van der Waals surface area contributed by atoms with Crippen LogP contribution >= 0.6 is 27.3 Å².